The van der Waals surface area contributed by atoms with Gasteiger partial charge in [0.05, 0.1) is 37.6 Å². The number of amides is 2. The molecule has 0 N–H and O–H groups in total. The predicted molar refractivity (Wildman–Crippen MR) is 119 cm³/mol. The maximum atomic E-state index is 13.5. The van der Waals surface area contributed by atoms with E-state index in [4.69, 9.17) is 25.9 Å². The number of benzene rings is 2. The van der Waals surface area contributed by atoms with E-state index >= 15 is 0 Å². The smallest absolute Gasteiger partial charge is 0.296 e. The topological polar surface area (TPSA) is 81.2 Å². The minimum absolute atomic E-state index is 0.141. The van der Waals surface area contributed by atoms with Gasteiger partial charge in [-0.3, -0.25) is 19.3 Å². The van der Waals surface area contributed by atoms with Crippen LogP contribution in [0, 0.1) is 0 Å². The number of aromatic nitrogens is 1. The molecule has 3 rings (SSSR count). The summed E-state index contributed by atoms with van der Waals surface area (Å²) in [6.45, 7) is 0. The minimum atomic E-state index is -0.442. The van der Waals surface area contributed by atoms with Crippen molar-refractivity contribution in [2.45, 2.75) is 0 Å². The third kappa shape index (κ3) is 4.63. The number of hydroxylamine groups is 2. The van der Waals surface area contributed by atoms with E-state index in [1.807, 2.05) is 0 Å². The number of hydrogen-bond acceptors (Lipinski definition) is 7. The first-order valence-electron chi connectivity index (χ1n) is 9.00. The van der Waals surface area contributed by atoms with Gasteiger partial charge in [0.15, 0.2) is 16.6 Å². The zero-order valence-electron chi connectivity index (χ0n) is 17.3. The van der Waals surface area contributed by atoms with Crippen LogP contribution < -0.4 is 14.4 Å². The van der Waals surface area contributed by atoms with Crippen LogP contribution in [0.2, 0.25) is 5.02 Å². The molecule has 0 atom stereocenters. The maximum Gasteiger partial charge on any atom is 0.296 e. The maximum absolute atomic E-state index is 13.5. The summed E-state index contributed by atoms with van der Waals surface area (Å²) in [5.74, 6) is 0.0887. The van der Waals surface area contributed by atoms with Crippen LogP contribution in [0.5, 0.6) is 11.5 Å². The highest BCUT2D eigenvalue weighted by atomic mass is 35.5. The predicted octanol–water partition coefficient (Wildman–Crippen LogP) is 4.43. The van der Waals surface area contributed by atoms with E-state index in [-0.39, 0.29) is 16.4 Å². The van der Waals surface area contributed by atoms with Crippen LogP contribution in [-0.2, 0) is 4.84 Å². The van der Waals surface area contributed by atoms with E-state index < -0.39 is 11.8 Å². The van der Waals surface area contributed by atoms with Crippen molar-refractivity contribution in [2.75, 3.05) is 33.3 Å². The Labute approximate surface area is 188 Å². The number of carbonyl (C=O) groups is 2. The second-order valence-corrected chi connectivity index (χ2v) is 7.40. The molecule has 10 heteroatoms. The molecule has 8 nitrogen and oxygen atoms in total. The summed E-state index contributed by atoms with van der Waals surface area (Å²) in [7, 11) is 5.88. The Kier molecular flexibility index (Phi) is 7.11. The second-order valence-electron chi connectivity index (χ2n) is 6.16. The fraction of sp³-hybridized carbons (Fsp3) is 0.190. The van der Waals surface area contributed by atoms with E-state index in [1.54, 1.807) is 47.8 Å². The molecule has 0 spiro atoms. The first kappa shape index (κ1) is 22.5. The standard InChI is InChI=1S/C21H20ClN3O5S/c1-24(30-4)20(27)16-12-31-21(23-16)25(19(26)14-7-5-6-8-15(14)22)13-9-10-17(28-2)18(11-13)29-3/h5-12H,1-4H3. The van der Waals surface area contributed by atoms with Crippen LogP contribution in [0.25, 0.3) is 0 Å². The van der Waals surface area contributed by atoms with Crippen molar-refractivity contribution in [1.82, 2.24) is 10.0 Å². The quantitative estimate of drug-likeness (QED) is 0.484. The van der Waals surface area contributed by atoms with Crippen molar-refractivity contribution < 1.29 is 23.9 Å². The number of ether oxygens (including phenoxy) is 2. The van der Waals surface area contributed by atoms with Gasteiger partial charge in [-0.05, 0) is 24.3 Å². The molecule has 2 amide bonds. The Balaban J connectivity index is 2.12. The Morgan fingerprint density at radius 1 is 1.00 bits per heavy atom. The summed E-state index contributed by atoms with van der Waals surface area (Å²) in [6, 6.07) is 11.7. The minimum Gasteiger partial charge on any atom is -0.493 e. The number of halogens is 1. The number of thiazole rings is 1. The van der Waals surface area contributed by atoms with Gasteiger partial charge in [-0.1, -0.05) is 23.7 Å². The third-order valence-corrected chi connectivity index (χ3v) is 5.55. The highest BCUT2D eigenvalue weighted by Crippen LogP contribution is 2.37. The molecule has 0 aliphatic rings. The Morgan fingerprint density at radius 2 is 1.71 bits per heavy atom. The molecule has 1 aromatic heterocycles. The molecule has 0 bridgehead atoms. The fourth-order valence-corrected chi connectivity index (χ4v) is 3.77. The summed E-state index contributed by atoms with van der Waals surface area (Å²) < 4.78 is 10.7. The van der Waals surface area contributed by atoms with E-state index in [9.17, 15) is 9.59 Å². The molecule has 0 aliphatic heterocycles. The van der Waals surface area contributed by atoms with Crippen LogP contribution in [0.1, 0.15) is 20.8 Å². The summed E-state index contributed by atoms with van der Waals surface area (Å²) in [6.07, 6.45) is 0. The van der Waals surface area contributed by atoms with Gasteiger partial charge in [0.25, 0.3) is 11.8 Å². The molecule has 0 fully saturated rings. The normalized spacial score (nSPS) is 10.5. The van der Waals surface area contributed by atoms with Crippen molar-refractivity contribution in [3.05, 3.63) is 64.1 Å². The van der Waals surface area contributed by atoms with E-state index in [2.05, 4.69) is 4.98 Å². The Bertz CT molecular complexity index is 1100. The van der Waals surface area contributed by atoms with Gasteiger partial charge >= 0.3 is 0 Å². The third-order valence-electron chi connectivity index (χ3n) is 4.40. The lowest BCUT2D eigenvalue weighted by Crippen LogP contribution is -2.28. The number of anilines is 2. The monoisotopic (exact) mass is 461 g/mol. The molecule has 0 saturated carbocycles. The average molecular weight is 462 g/mol. The molecule has 0 saturated heterocycles. The average Bonchev–Trinajstić information content (AvgIpc) is 3.27. The molecule has 0 unspecified atom stereocenters. The highest BCUT2D eigenvalue weighted by molar-refractivity contribution is 7.14. The number of methoxy groups -OCH3 is 2. The van der Waals surface area contributed by atoms with Gasteiger partial charge in [-0.15, -0.1) is 11.3 Å². The summed E-state index contributed by atoms with van der Waals surface area (Å²) >= 11 is 7.41. The molecular formula is C21H20ClN3O5S. The fourth-order valence-electron chi connectivity index (χ4n) is 2.74. The van der Waals surface area contributed by atoms with Crippen LogP contribution >= 0.6 is 22.9 Å². The zero-order chi connectivity index (χ0) is 22.5. The second kappa shape index (κ2) is 9.78. The highest BCUT2D eigenvalue weighted by Gasteiger charge is 2.27. The van der Waals surface area contributed by atoms with Gasteiger partial charge in [-0.25, -0.2) is 10.0 Å². The van der Waals surface area contributed by atoms with Crippen molar-refractivity contribution in [1.29, 1.82) is 0 Å². The number of carbonyl (C=O) groups excluding carboxylic acids is 2. The lowest BCUT2D eigenvalue weighted by molar-refractivity contribution is -0.0760. The van der Waals surface area contributed by atoms with Crippen LogP contribution in [0.3, 0.4) is 0 Å². The van der Waals surface area contributed by atoms with E-state index in [0.717, 1.165) is 16.4 Å². The van der Waals surface area contributed by atoms with Crippen LogP contribution in [0.15, 0.2) is 47.8 Å². The number of rotatable bonds is 7. The van der Waals surface area contributed by atoms with Crippen molar-refractivity contribution in [3.8, 4) is 11.5 Å². The van der Waals surface area contributed by atoms with Crippen molar-refractivity contribution >= 4 is 45.6 Å². The molecule has 31 heavy (non-hydrogen) atoms. The summed E-state index contributed by atoms with van der Waals surface area (Å²) in [4.78, 5) is 36.6. The summed E-state index contributed by atoms with van der Waals surface area (Å²) in [5.41, 5.74) is 0.897. The van der Waals surface area contributed by atoms with Gasteiger partial charge in [0.2, 0.25) is 0 Å². The number of hydrogen-bond donors (Lipinski definition) is 0. The van der Waals surface area contributed by atoms with E-state index in [0.29, 0.717) is 22.2 Å². The Hall–Kier alpha value is -3.14. The molecule has 3 aromatic rings. The van der Waals surface area contributed by atoms with Crippen molar-refractivity contribution in [2.24, 2.45) is 0 Å². The van der Waals surface area contributed by atoms with Gasteiger partial charge in [0.1, 0.15) is 5.69 Å². The van der Waals surface area contributed by atoms with E-state index in [1.165, 1.54) is 33.3 Å². The zero-order valence-corrected chi connectivity index (χ0v) is 18.9. The lowest BCUT2D eigenvalue weighted by atomic mass is 10.1. The summed E-state index contributed by atoms with van der Waals surface area (Å²) in [5, 5.41) is 3.19. The first-order valence-corrected chi connectivity index (χ1v) is 10.3. The largest absolute Gasteiger partial charge is 0.493 e. The van der Waals surface area contributed by atoms with Gasteiger partial charge in [-0.2, -0.15) is 0 Å². The molecule has 162 valence electrons. The lowest BCUT2D eigenvalue weighted by Gasteiger charge is -2.22. The molecule has 0 radical (unpaired) electrons. The molecular weight excluding hydrogens is 442 g/mol. The SMILES string of the molecule is COc1ccc(N(C(=O)c2ccccc2Cl)c2nc(C(=O)N(C)OC)cs2)cc1OC. The molecule has 2 aromatic carbocycles. The first-order chi connectivity index (χ1) is 14.9. The van der Waals surface area contributed by atoms with Crippen LogP contribution in [0.4, 0.5) is 10.8 Å². The molecule has 0 aliphatic carbocycles. The Morgan fingerprint density at radius 3 is 2.35 bits per heavy atom. The van der Waals surface area contributed by atoms with Crippen LogP contribution in [-0.4, -0.2) is 50.2 Å². The number of nitrogens with zero attached hydrogens (tertiary/aromatic N) is 3. The van der Waals surface area contributed by atoms with Gasteiger partial charge < -0.3 is 9.47 Å². The van der Waals surface area contributed by atoms with Crippen molar-refractivity contribution in [3.63, 3.8) is 0 Å². The van der Waals surface area contributed by atoms with Gasteiger partial charge in [0, 0.05) is 18.5 Å². The molecule has 1 heterocycles.